The molecule has 0 aliphatic heterocycles. The molecule has 1 aromatic carbocycles. The van der Waals surface area contributed by atoms with Crippen molar-refractivity contribution in [3.63, 3.8) is 0 Å². The molecule has 2 N–H and O–H groups in total. The van der Waals surface area contributed by atoms with E-state index in [4.69, 9.17) is 16.3 Å². The number of halogens is 1. The lowest BCUT2D eigenvalue weighted by molar-refractivity contribution is 0.299. The van der Waals surface area contributed by atoms with Gasteiger partial charge in [0, 0.05) is 11.8 Å². The topological polar surface area (TPSA) is 71.0 Å². The zero-order valence-corrected chi connectivity index (χ0v) is 14.0. The third-order valence-corrected chi connectivity index (χ3v) is 3.92. The van der Waals surface area contributed by atoms with Gasteiger partial charge in [-0.15, -0.1) is 0 Å². The van der Waals surface area contributed by atoms with Crippen LogP contribution in [0.1, 0.15) is 19.8 Å². The van der Waals surface area contributed by atoms with E-state index in [0.29, 0.717) is 23.3 Å². The first kappa shape index (κ1) is 16.3. The number of rotatable bonds is 6. The number of hydrogen-bond donors (Lipinski definition) is 2. The van der Waals surface area contributed by atoms with E-state index in [2.05, 4.69) is 21.9 Å². The third kappa shape index (κ3) is 3.51. The lowest BCUT2D eigenvalue weighted by Crippen LogP contribution is -2.00. The van der Waals surface area contributed by atoms with Gasteiger partial charge in [-0.25, -0.2) is 9.97 Å². The molecule has 0 aliphatic rings. The first-order chi connectivity index (χ1) is 11.7. The van der Waals surface area contributed by atoms with Crippen molar-refractivity contribution >= 4 is 11.6 Å². The first-order valence-electron chi connectivity index (χ1n) is 7.81. The Morgan fingerprint density at radius 3 is 2.92 bits per heavy atom. The monoisotopic (exact) mass is 343 g/mol. The number of aromatic amines is 1. The molecule has 2 aromatic heterocycles. The zero-order valence-electron chi connectivity index (χ0n) is 13.3. The Morgan fingerprint density at radius 2 is 2.12 bits per heavy atom. The molecular formula is C18H18ClN3O2. The standard InChI is InChI=1S/C18H18ClN3O2/c1-2-3-9-24-18-13(5-4-8-20-18)17-21-11-15(22-17)12-6-7-14(19)16(23)10-12/h4-8,10-11,23H,2-3,9H2,1H3,(H,21,22). The minimum atomic E-state index is 0.0373. The van der Waals surface area contributed by atoms with E-state index in [1.807, 2.05) is 18.2 Å². The van der Waals surface area contributed by atoms with Gasteiger partial charge in [0.25, 0.3) is 0 Å². The Bertz CT molecular complexity index is 833. The summed E-state index contributed by atoms with van der Waals surface area (Å²) in [6.45, 7) is 2.74. The molecule has 5 nitrogen and oxygen atoms in total. The second-order valence-corrected chi connectivity index (χ2v) is 5.78. The Morgan fingerprint density at radius 1 is 1.25 bits per heavy atom. The fourth-order valence-corrected chi connectivity index (χ4v) is 2.40. The minimum absolute atomic E-state index is 0.0373. The van der Waals surface area contributed by atoms with Gasteiger partial charge in [-0.2, -0.15) is 0 Å². The highest BCUT2D eigenvalue weighted by Crippen LogP contribution is 2.31. The molecule has 0 unspecified atom stereocenters. The van der Waals surface area contributed by atoms with Crippen LogP contribution in [0.3, 0.4) is 0 Å². The summed E-state index contributed by atoms with van der Waals surface area (Å²) in [6, 6.07) is 8.83. The smallest absolute Gasteiger partial charge is 0.224 e. The maximum atomic E-state index is 9.75. The number of nitrogens with one attached hydrogen (secondary N) is 1. The van der Waals surface area contributed by atoms with Crippen LogP contribution in [0.15, 0.2) is 42.7 Å². The number of phenolic OH excluding ortho intramolecular Hbond substituents is 1. The molecule has 124 valence electrons. The summed E-state index contributed by atoms with van der Waals surface area (Å²) in [5, 5.41) is 10.1. The van der Waals surface area contributed by atoms with Gasteiger partial charge in [0.1, 0.15) is 11.6 Å². The molecule has 3 rings (SSSR count). The summed E-state index contributed by atoms with van der Waals surface area (Å²) in [5.74, 6) is 1.26. The van der Waals surface area contributed by atoms with Gasteiger partial charge in [-0.3, -0.25) is 0 Å². The van der Waals surface area contributed by atoms with Gasteiger partial charge in [-0.05, 0) is 30.7 Å². The van der Waals surface area contributed by atoms with Crippen molar-refractivity contribution in [3.05, 3.63) is 47.7 Å². The van der Waals surface area contributed by atoms with Gasteiger partial charge in [0.15, 0.2) is 0 Å². The highest BCUT2D eigenvalue weighted by molar-refractivity contribution is 6.32. The van der Waals surface area contributed by atoms with E-state index in [1.54, 1.807) is 24.5 Å². The van der Waals surface area contributed by atoms with Crippen molar-refractivity contribution in [1.82, 2.24) is 15.0 Å². The summed E-state index contributed by atoms with van der Waals surface area (Å²) in [4.78, 5) is 11.9. The van der Waals surface area contributed by atoms with E-state index < -0.39 is 0 Å². The molecular weight excluding hydrogens is 326 g/mol. The molecule has 0 aliphatic carbocycles. The average Bonchev–Trinajstić information content (AvgIpc) is 3.08. The van der Waals surface area contributed by atoms with Crippen LogP contribution in [0, 0.1) is 0 Å². The van der Waals surface area contributed by atoms with Gasteiger partial charge in [0.05, 0.1) is 29.1 Å². The molecule has 2 heterocycles. The average molecular weight is 344 g/mol. The third-order valence-electron chi connectivity index (χ3n) is 3.60. The number of imidazole rings is 1. The quantitative estimate of drug-likeness (QED) is 0.638. The van der Waals surface area contributed by atoms with Crippen molar-refractivity contribution in [2.45, 2.75) is 19.8 Å². The summed E-state index contributed by atoms with van der Waals surface area (Å²) in [6.07, 6.45) is 5.45. The number of aromatic hydroxyl groups is 1. The van der Waals surface area contributed by atoms with Crippen LogP contribution < -0.4 is 4.74 Å². The summed E-state index contributed by atoms with van der Waals surface area (Å²) in [7, 11) is 0. The van der Waals surface area contributed by atoms with E-state index in [-0.39, 0.29) is 5.75 Å². The van der Waals surface area contributed by atoms with Crippen LogP contribution in [0.25, 0.3) is 22.6 Å². The molecule has 6 heteroatoms. The van der Waals surface area contributed by atoms with E-state index in [9.17, 15) is 5.11 Å². The fourth-order valence-electron chi connectivity index (χ4n) is 2.28. The van der Waals surface area contributed by atoms with Crippen molar-refractivity contribution in [2.75, 3.05) is 6.61 Å². The van der Waals surface area contributed by atoms with E-state index in [0.717, 1.165) is 29.7 Å². The van der Waals surface area contributed by atoms with Crippen molar-refractivity contribution < 1.29 is 9.84 Å². The summed E-state index contributed by atoms with van der Waals surface area (Å²) >= 11 is 5.85. The van der Waals surface area contributed by atoms with E-state index in [1.165, 1.54) is 0 Å². The number of hydrogen-bond acceptors (Lipinski definition) is 4. The molecule has 0 saturated heterocycles. The second kappa shape index (κ2) is 7.36. The summed E-state index contributed by atoms with van der Waals surface area (Å²) < 4.78 is 5.75. The number of ether oxygens (including phenoxy) is 1. The number of aromatic nitrogens is 3. The SMILES string of the molecule is CCCCOc1ncccc1-c1ncc(-c2ccc(Cl)c(O)c2)[nH]1. The number of H-pyrrole nitrogens is 1. The van der Waals surface area contributed by atoms with Crippen LogP contribution in [0.5, 0.6) is 11.6 Å². The highest BCUT2D eigenvalue weighted by atomic mass is 35.5. The molecule has 0 saturated carbocycles. The summed E-state index contributed by atoms with van der Waals surface area (Å²) in [5.41, 5.74) is 2.38. The largest absolute Gasteiger partial charge is 0.506 e. The zero-order chi connectivity index (χ0) is 16.9. The van der Waals surface area contributed by atoms with Crippen LogP contribution in [-0.4, -0.2) is 26.7 Å². The number of unbranched alkanes of at least 4 members (excludes halogenated alkanes) is 1. The molecule has 24 heavy (non-hydrogen) atoms. The number of phenols is 1. The van der Waals surface area contributed by atoms with Crippen LogP contribution in [0.2, 0.25) is 5.02 Å². The normalized spacial score (nSPS) is 10.8. The van der Waals surface area contributed by atoms with Crippen LogP contribution in [0.4, 0.5) is 0 Å². The van der Waals surface area contributed by atoms with Crippen molar-refractivity contribution in [3.8, 4) is 34.3 Å². The Hall–Kier alpha value is -2.53. The maximum Gasteiger partial charge on any atom is 0.224 e. The lowest BCUT2D eigenvalue weighted by atomic mass is 10.1. The predicted octanol–water partition coefficient (Wildman–Crippen LogP) is 4.68. The number of nitrogens with zero attached hydrogens (tertiary/aromatic N) is 2. The second-order valence-electron chi connectivity index (χ2n) is 5.37. The first-order valence-corrected chi connectivity index (χ1v) is 8.19. The lowest BCUT2D eigenvalue weighted by Gasteiger charge is -2.08. The fraction of sp³-hybridized carbons (Fsp3) is 0.222. The molecule has 0 bridgehead atoms. The molecule has 0 fully saturated rings. The molecule has 3 aromatic rings. The minimum Gasteiger partial charge on any atom is -0.506 e. The van der Waals surface area contributed by atoms with Crippen molar-refractivity contribution in [1.29, 1.82) is 0 Å². The maximum absolute atomic E-state index is 9.75. The number of pyridine rings is 1. The van der Waals surface area contributed by atoms with Gasteiger partial charge < -0.3 is 14.8 Å². The molecule has 0 radical (unpaired) electrons. The Kier molecular flexibility index (Phi) is 5.01. The number of benzene rings is 1. The van der Waals surface area contributed by atoms with Gasteiger partial charge in [-0.1, -0.05) is 31.0 Å². The molecule has 0 spiro atoms. The molecule has 0 atom stereocenters. The Labute approximate surface area is 145 Å². The van der Waals surface area contributed by atoms with Crippen LogP contribution >= 0.6 is 11.6 Å². The van der Waals surface area contributed by atoms with Crippen LogP contribution in [-0.2, 0) is 0 Å². The predicted molar refractivity (Wildman–Crippen MR) is 94.3 cm³/mol. The molecule has 0 amide bonds. The van der Waals surface area contributed by atoms with E-state index >= 15 is 0 Å². The Balaban J connectivity index is 1.89. The van der Waals surface area contributed by atoms with Gasteiger partial charge in [0.2, 0.25) is 5.88 Å². The highest BCUT2D eigenvalue weighted by Gasteiger charge is 2.12. The van der Waals surface area contributed by atoms with Gasteiger partial charge >= 0.3 is 0 Å². The van der Waals surface area contributed by atoms with Crippen molar-refractivity contribution in [2.24, 2.45) is 0 Å².